The maximum absolute atomic E-state index is 5.78. The fourth-order valence-electron chi connectivity index (χ4n) is 2.02. The van der Waals surface area contributed by atoms with Gasteiger partial charge in [-0.15, -0.1) is 5.10 Å². The molecule has 1 unspecified atom stereocenters. The molecule has 0 spiro atoms. The standard InChI is InChI=1S/C14H20N4/c1-9(2)13(8-15)16-14-12-7-5-4-6-11(12)10(3)17-18-14/h4-7,9,13H,8,15H2,1-3H3,(H,16,18). The molecule has 3 N–H and O–H groups in total. The summed E-state index contributed by atoms with van der Waals surface area (Å²) in [7, 11) is 0. The van der Waals surface area contributed by atoms with Crippen LogP contribution < -0.4 is 11.1 Å². The number of benzene rings is 1. The number of rotatable bonds is 4. The molecule has 1 aromatic heterocycles. The van der Waals surface area contributed by atoms with Crippen LogP contribution in [0.1, 0.15) is 19.5 Å². The van der Waals surface area contributed by atoms with Crippen molar-refractivity contribution < 1.29 is 0 Å². The number of nitrogens with one attached hydrogen (secondary N) is 1. The van der Waals surface area contributed by atoms with Gasteiger partial charge in [0.25, 0.3) is 0 Å². The van der Waals surface area contributed by atoms with Crippen LogP contribution in [-0.4, -0.2) is 22.8 Å². The zero-order valence-corrected chi connectivity index (χ0v) is 11.1. The summed E-state index contributed by atoms with van der Waals surface area (Å²) in [5.41, 5.74) is 6.73. The van der Waals surface area contributed by atoms with Gasteiger partial charge in [-0.1, -0.05) is 38.1 Å². The third kappa shape index (κ3) is 2.43. The van der Waals surface area contributed by atoms with Crippen molar-refractivity contribution in [2.24, 2.45) is 11.7 Å². The number of anilines is 1. The average molecular weight is 244 g/mol. The Morgan fingerprint density at radius 2 is 1.83 bits per heavy atom. The number of hydrogen-bond acceptors (Lipinski definition) is 4. The van der Waals surface area contributed by atoms with E-state index in [2.05, 4.69) is 41.5 Å². The second-order valence-corrected chi connectivity index (χ2v) is 4.91. The highest BCUT2D eigenvalue weighted by Gasteiger charge is 2.14. The molecule has 2 rings (SSSR count). The lowest BCUT2D eigenvalue weighted by Gasteiger charge is -2.21. The van der Waals surface area contributed by atoms with E-state index in [-0.39, 0.29) is 6.04 Å². The first-order valence-corrected chi connectivity index (χ1v) is 6.32. The van der Waals surface area contributed by atoms with Gasteiger partial charge in [0.15, 0.2) is 5.82 Å². The molecule has 1 heterocycles. The van der Waals surface area contributed by atoms with Crippen LogP contribution in [0.3, 0.4) is 0 Å². The SMILES string of the molecule is Cc1nnc(NC(CN)C(C)C)c2ccccc12. The van der Waals surface area contributed by atoms with Gasteiger partial charge in [-0.3, -0.25) is 0 Å². The van der Waals surface area contributed by atoms with Crippen LogP contribution in [0.5, 0.6) is 0 Å². The predicted molar refractivity (Wildman–Crippen MR) is 75.6 cm³/mol. The smallest absolute Gasteiger partial charge is 0.156 e. The van der Waals surface area contributed by atoms with Crippen LogP contribution in [0, 0.1) is 12.8 Å². The molecule has 4 nitrogen and oxygen atoms in total. The van der Waals surface area contributed by atoms with Gasteiger partial charge < -0.3 is 11.1 Å². The Kier molecular flexibility index (Phi) is 3.77. The minimum absolute atomic E-state index is 0.213. The highest BCUT2D eigenvalue weighted by molar-refractivity contribution is 5.92. The van der Waals surface area contributed by atoms with Crippen LogP contribution in [0.4, 0.5) is 5.82 Å². The Morgan fingerprint density at radius 3 is 2.44 bits per heavy atom. The summed E-state index contributed by atoms with van der Waals surface area (Å²) >= 11 is 0. The lowest BCUT2D eigenvalue weighted by molar-refractivity contribution is 0.530. The Bertz CT molecular complexity index is 536. The normalized spacial score (nSPS) is 12.9. The molecule has 0 bridgehead atoms. The molecule has 0 aliphatic heterocycles. The van der Waals surface area contributed by atoms with Crippen molar-refractivity contribution in [3.05, 3.63) is 30.0 Å². The molecule has 0 aliphatic carbocycles. The monoisotopic (exact) mass is 244 g/mol. The topological polar surface area (TPSA) is 63.8 Å². The summed E-state index contributed by atoms with van der Waals surface area (Å²) < 4.78 is 0. The van der Waals surface area contributed by atoms with Crippen molar-refractivity contribution >= 4 is 16.6 Å². The van der Waals surface area contributed by atoms with Gasteiger partial charge in [-0.2, -0.15) is 5.10 Å². The van der Waals surface area contributed by atoms with Crippen LogP contribution >= 0.6 is 0 Å². The zero-order valence-electron chi connectivity index (χ0n) is 11.1. The Labute approximate surface area is 108 Å². The molecule has 4 heteroatoms. The van der Waals surface area contributed by atoms with E-state index in [9.17, 15) is 0 Å². The van der Waals surface area contributed by atoms with Gasteiger partial charge in [-0.25, -0.2) is 0 Å². The van der Waals surface area contributed by atoms with Crippen molar-refractivity contribution in [1.82, 2.24) is 10.2 Å². The van der Waals surface area contributed by atoms with Gasteiger partial charge in [0.05, 0.1) is 5.69 Å². The van der Waals surface area contributed by atoms with Crippen LogP contribution in [0.15, 0.2) is 24.3 Å². The molecule has 0 amide bonds. The first kappa shape index (κ1) is 12.8. The van der Waals surface area contributed by atoms with E-state index in [4.69, 9.17) is 5.73 Å². The van der Waals surface area contributed by atoms with Crippen molar-refractivity contribution in [3.63, 3.8) is 0 Å². The number of aromatic nitrogens is 2. The van der Waals surface area contributed by atoms with E-state index in [1.807, 2.05) is 19.1 Å². The lowest BCUT2D eigenvalue weighted by Crippen LogP contribution is -2.34. The van der Waals surface area contributed by atoms with Crippen LogP contribution in [0.2, 0.25) is 0 Å². The second-order valence-electron chi connectivity index (χ2n) is 4.91. The minimum Gasteiger partial charge on any atom is -0.364 e. The van der Waals surface area contributed by atoms with Crippen molar-refractivity contribution in [3.8, 4) is 0 Å². The largest absolute Gasteiger partial charge is 0.364 e. The molecule has 1 aromatic carbocycles. The first-order chi connectivity index (χ1) is 8.63. The molecule has 96 valence electrons. The number of nitrogens with zero attached hydrogens (tertiary/aromatic N) is 2. The Morgan fingerprint density at radius 1 is 1.17 bits per heavy atom. The van der Waals surface area contributed by atoms with Crippen molar-refractivity contribution in [2.45, 2.75) is 26.8 Å². The summed E-state index contributed by atoms with van der Waals surface area (Å²) in [6.07, 6.45) is 0. The summed E-state index contributed by atoms with van der Waals surface area (Å²) in [4.78, 5) is 0. The number of aryl methyl sites for hydroxylation is 1. The van der Waals surface area contributed by atoms with Crippen LogP contribution in [0.25, 0.3) is 10.8 Å². The van der Waals surface area contributed by atoms with Crippen molar-refractivity contribution in [1.29, 1.82) is 0 Å². The summed E-state index contributed by atoms with van der Waals surface area (Å²) in [5.74, 6) is 1.28. The van der Waals surface area contributed by atoms with Gasteiger partial charge in [0.2, 0.25) is 0 Å². The fourth-order valence-corrected chi connectivity index (χ4v) is 2.02. The number of hydrogen-bond donors (Lipinski definition) is 2. The van der Waals surface area contributed by atoms with Gasteiger partial charge in [0.1, 0.15) is 0 Å². The van der Waals surface area contributed by atoms with Crippen LogP contribution in [-0.2, 0) is 0 Å². The van der Waals surface area contributed by atoms with E-state index in [1.54, 1.807) is 0 Å². The molecule has 0 saturated heterocycles. The predicted octanol–water partition coefficient (Wildman–Crippen LogP) is 2.33. The van der Waals surface area contributed by atoms with Gasteiger partial charge in [-0.05, 0) is 12.8 Å². The number of nitrogens with two attached hydrogens (primary N) is 1. The molecular formula is C14H20N4. The minimum atomic E-state index is 0.213. The molecule has 0 radical (unpaired) electrons. The lowest BCUT2D eigenvalue weighted by atomic mass is 10.0. The molecule has 0 aliphatic rings. The summed E-state index contributed by atoms with van der Waals surface area (Å²) in [6, 6.07) is 8.38. The first-order valence-electron chi connectivity index (χ1n) is 6.32. The van der Waals surface area contributed by atoms with E-state index in [0.717, 1.165) is 22.3 Å². The number of fused-ring (bicyclic) bond motifs is 1. The molecular weight excluding hydrogens is 224 g/mol. The Balaban J connectivity index is 2.42. The maximum atomic E-state index is 5.78. The van der Waals surface area contributed by atoms with E-state index < -0.39 is 0 Å². The zero-order chi connectivity index (χ0) is 13.1. The second kappa shape index (κ2) is 5.31. The van der Waals surface area contributed by atoms with Gasteiger partial charge in [0, 0.05) is 23.4 Å². The molecule has 0 fully saturated rings. The quantitative estimate of drug-likeness (QED) is 0.866. The van der Waals surface area contributed by atoms with Gasteiger partial charge >= 0.3 is 0 Å². The molecule has 1 atom stereocenters. The summed E-state index contributed by atoms with van der Waals surface area (Å²) in [5, 5.41) is 14.1. The molecule has 0 saturated carbocycles. The Hall–Kier alpha value is -1.68. The highest BCUT2D eigenvalue weighted by atomic mass is 15.2. The van der Waals surface area contributed by atoms with E-state index in [0.29, 0.717) is 12.5 Å². The highest BCUT2D eigenvalue weighted by Crippen LogP contribution is 2.23. The van der Waals surface area contributed by atoms with Crippen molar-refractivity contribution in [2.75, 3.05) is 11.9 Å². The molecule has 18 heavy (non-hydrogen) atoms. The third-order valence-corrected chi connectivity index (χ3v) is 3.25. The molecule has 2 aromatic rings. The fraction of sp³-hybridized carbons (Fsp3) is 0.429. The third-order valence-electron chi connectivity index (χ3n) is 3.25. The maximum Gasteiger partial charge on any atom is 0.156 e. The average Bonchev–Trinajstić information content (AvgIpc) is 2.38. The van der Waals surface area contributed by atoms with E-state index >= 15 is 0 Å². The summed E-state index contributed by atoms with van der Waals surface area (Å²) in [6.45, 7) is 6.85. The van der Waals surface area contributed by atoms with E-state index in [1.165, 1.54) is 0 Å².